The lowest BCUT2D eigenvalue weighted by Crippen LogP contribution is -2.35. The second-order valence-corrected chi connectivity index (χ2v) is 6.20. The zero-order valence-corrected chi connectivity index (χ0v) is 16.0. The molecule has 144 valence electrons. The Kier molecular flexibility index (Phi) is 6.59. The molecule has 2 aromatic heterocycles. The molecule has 0 fully saturated rings. The average Bonchev–Trinajstić information content (AvgIpc) is 2.71. The van der Waals surface area contributed by atoms with Gasteiger partial charge in [-0.3, -0.25) is 0 Å². The average molecular weight is 398 g/mol. The Morgan fingerprint density at radius 2 is 1.93 bits per heavy atom. The van der Waals surface area contributed by atoms with Crippen molar-refractivity contribution in [3.8, 4) is 11.3 Å². The highest BCUT2D eigenvalue weighted by Gasteiger charge is 2.05. The minimum absolute atomic E-state index is 0.218. The summed E-state index contributed by atoms with van der Waals surface area (Å²) in [4.78, 5) is 24.2. The molecule has 2 heterocycles. The van der Waals surface area contributed by atoms with E-state index < -0.39 is 0 Å². The Bertz CT molecular complexity index is 951. The fraction of sp³-hybridized carbons (Fsp3) is 0.158. The second-order valence-electron chi connectivity index (χ2n) is 5.76. The maximum Gasteiger partial charge on any atom is 0.314 e. The van der Waals surface area contributed by atoms with Crippen LogP contribution in [0.3, 0.4) is 0 Å². The van der Waals surface area contributed by atoms with E-state index >= 15 is 0 Å². The molecule has 4 N–H and O–H groups in total. The number of nitrogens with one attached hydrogen (secondary N) is 4. The highest BCUT2D eigenvalue weighted by Crippen LogP contribution is 2.22. The van der Waals surface area contributed by atoms with Crippen molar-refractivity contribution in [2.75, 3.05) is 30.8 Å². The summed E-state index contributed by atoms with van der Waals surface area (Å²) < 4.78 is 0. The molecule has 0 aliphatic carbocycles. The molecule has 0 bridgehead atoms. The summed E-state index contributed by atoms with van der Waals surface area (Å²) in [7, 11) is 1.57. The Balaban J connectivity index is 1.67. The third-order valence-electron chi connectivity index (χ3n) is 3.74. The van der Waals surface area contributed by atoms with Crippen molar-refractivity contribution in [2.45, 2.75) is 0 Å². The van der Waals surface area contributed by atoms with E-state index in [0.717, 1.165) is 16.9 Å². The van der Waals surface area contributed by atoms with Crippen LogP contribution < -0.4 is 21.3 Å². The molecule has 0 aliphatic heterocycles. The second kappa shape index (κ2) is 9.52. The lowest BCUT2D eigenvalue weighted by atomic mass is 10.2. The molecule has 0 unspecified atom stereocenters. The van der Waals surface area contributed by atoms with E-state index in [1.165, 1.54) is 0 Å². The monoisotopic (exact) mass is 397 g/mol. The van der Waals surface area contributed by atoms with E-state index in [9.17, 15) is 4.79 Å². The van der Waals surface area contributed by atoms with Crippen LogP contribution in [0.15, 0.2) is 54.9 Å². The van der Waals surface area contributed by atoms with Crippen LogP contribution >= 0.6 is 11.6 Å². The molecule has 0 saturated heterocycles. The molecular formula is C19H20ClN7O. The number of carbonyl (C=O) groups excluding carboxylic acids is 1. The number of rotatable bonds is 7. The Morgan fingerprint density at radius 3 is 2.75 bits per heavy atom. The van der Waals surface area contributed by atoms with Gasteiger partial charge in [-0.2, -0.15) is 0 Å². The van der Waals surface area contributed by atoms with Crippen molar-refractivity contribution in [1.82, 2.24) is 25.6 Å². The topological polar surface area (TPSA) is 104 Å². The summed E-state index contributed by atoms with van der Waals surface area (Å²) in [6, 6.07) is 12.7. The molecule has 1 aromatic carbocycles. The summed E-state index contributed by atoms with van der Waals surface area (Å²) in [6.07, 6.45) is 3.39. The number of hydrogen-bond donors (Lipinski definition) is 4. The van der Waals surface area contributed by atoms with Crippen LogP contribution in [0.2, 0.25) is 5.02 Å². The van der Waals surface area contributed by atoms with Gasteiger partial charge in [0, 0.05) is 48.8 Å². The standard InChI is InChI=1S/C19H20ClN7O/c1-21-19(28)25-10-9-23-17-11-13(5-7-22-17)16-6-8-24-18(27-16)26-15-4-2-3-14(20)12-15/h2-8,11-12H,9-10H2,1H3,(H,22,23)(H2,21,25,28)(H,24,26,27). The number of anilines is 3. The number of benzene rings is 1. The number of carbonyl (C=O) groups is 1. The fourth-order valence-electron chi connectivity index (χ4n) is 2.42. The first kappa shape index (κ1) is 19.4. The molecule has 0 aliphatic rings. The molecule has 3 rings (SSSR count). The number of pyridine rings is 1. The van der Waals surface area contributed by atoms with Crippen LogP contribution in [0, 0.1) is 0 Å². The van der Waals surface area contributed by atoms with Crippen molar-refractivity contribution in [2.24, 2.45) is 0 Å². The molecule has 9 heteroatoms. The predicted molar refractivity (Wildman–Crippen MR) is 111 cm³/mol. The van der Waals surface area contributed by atoms with Crippen LogP contribution in [0.25, 0.3) is 11.3 Å². The summed E-state index contributed by atoms with van der Waals surface area (Å²) in [6.45, 7) is 1.03. The van der Waals surface area contributed by atoms with Crippen LogP contribution in [0.5, 0.6) is 0 Å². The van der Waals surface area contributed by atoms with Gasteiger partial charge in [-0.25, -0.2) is 19.7 Å². The largest absolute Gasteiger partial charge is 0.368 e. The molecule has 0 radical (unpaired) electrons. The Labute approximate surface area is 167 Å². The van der Waals surface area contributed by atoms with Gasteiger partial charge in [0.05, 0.1) is 5.69 Å². The van der Waals surface area contributed by atoms with Gasteiger partial charge in [0.2, 0.25) is 5.95 Å². The molecule has 8 nitrogen and oxygen atoms in total. The van der Waals surface area contributed by atoms with E-state index in [1.54, 1.807) is 31.6 Å². The first-order chi connectivity index (χ1) is 13.6. The maximum absolute atomic E-state index is 11.2. The van der Waals surface area contributed by atoms with E-state index in [-0.39, 0.29) is 6.03 Å². The number of nitrogens with zero attached hydrogens (tertiary/aromatic N) is 3. The van der Waals surface area contributed by atoms with Gasteiger partial charge < -0.3 is 21.3 Å². The molecule has 2 amide bonds. The van der Waals surface area contributed by atoms with Gasteiger partial charge in [-0.1, -0.05) is 17.7 Å². The lowest BCUT2D eigenvalue weighted by molar-refractivity contribution is 0.243. The van der Waals surface area contributed by atoms with E-state index in [1.807, 2.05) is 30.3 Å². The number of aromatic nitrogens is 3. The number of urea groups is 1. The van der Waals surface area contributed by atoms with Crippen LogP contribution in [-0.4, -0.2) is 41.1 Å². The van der Waals surface area contributed by atoms with Crippen molar-refractivity contribution in [3.05, 3.63) is 59.9 Å². The molecule has 0 atom stereocenters. The molecule has 28 heavy (non-hydrogen) atoms. The van der Waals surface area contributed by atoms with Gasteiger partial charge in [-0.15, -0.1) is 0 Å². The highest BCUT2D eigenvalue weighted by molar-refractivity contribution is 6.30. The lowest BCUT2D eigenvalue weighted by Gasteiger charge is -2.09. The van der Waals surface area contributed by atoms with Gasteiger partial charge in [0.25, 0.3) is 0 Å². The Morgan fingerprint density at radius 1 is 1.07 bits per heavy atom. The first-order valence-corrected chi connectivity index (χ1v) is 9.03. The SMILES string of the molecule is CNC(=O)NCCNc1cc(-c2ccnc(Nc3cccc(Cl)c3)n2)ccn1. The van der Waals surface area contributed by atoms with E-state index in [4.69, 9.17) is 11.6 Å². The maximum atomic E-state index is 11.2. The Hall–Kier alpha value is -3.39. The quantitative estimate of drug-likeness (QED) is 0.456. The fourth-order valence-corrected chi connectivity index (χ4v) is 2.61. The summed E-state index contributed by atoms with van der Waals surface area (Å²) in [5.41, 5.74) is 2.46. The smallest absolute Gasteiger partial charge is 0.314 e. The zero-order chi connectivity index (χ0) is 19.8. The van der Waals surface area contributed by atoms with Gasteiger partial charge in [0.15, 0.2) is 0 Å². The van der Waals surface area contributed by atoms with Crippen molar-refractivity contribution >= 4 is 35.1 Å². The van der Waals surface area contributed by atoms with Gasteiger partial charge >= 0.3 is 6.03 Å². The third kappa shape index (κ3) is 5.55. The number of hydrogen-bond acceptors (Lipinski definition) is 6. The van der Waals surface area contributed by atoms with Crippen LogP contribution in [-0.2, 0) is 0 Å². The summed E-state index contributed by atoms with van der Waals surface area (Å²) in [5, 5.41) is 12.2. The van der Waals surface area contributed by atoms with Gasteiger partial charge in [0.1, 0.15) is 5.82 Å². The van der Waals surface area contributed by atoms with Crippen LogP contribution in [0.1, 0.15) is 0 Å². The number of halogens is 1. The van der Waals surface area contributed by atoms with E-state index in [0.29, 0.717) is 29.9 Å². The highest BCUT2D eigenvalue weighted by atomic mass is 35.5. The van der Waals surface area contributed by atoms with Crippen molar-refractivity contribution < 1.29 is 4.79 Å². The van der Waals surface area contributed by atoms with Crippen molar-refractivity contribution in [1.29, 1.82) is 0 Å². The predicted octanol–water partition coefficient (Wildman–Crippen LogP) is 3.28. The molecule has 0 spiro atoms. The molecule has 3 aromatic rings. The van der Waals surface area contributed by atoms with Crippen LogP contribution in [0.4, 0.5) is 22.2 Å². The normalized spacial score (nSPS) is 10.2. The number of amides is 2. The zero-order valence-electron chi connectivity index (χ0n) is 15.2. The van der Waals surface area contributed by atoms with Crippen molar-refractivity contribution in [3.63, 3.8) is 0 Å². The van der Waals surface area contributed by atoms with E-state index in [2.05, 4.69) is 36.2 Å². The summed E-state index contributed by atoms with van der Waals surface area (Å²) >= 11 is 6.01. The summed E-state index contributed by atoms with van der Waals surface area (Å²) in [5.74, 6) is 1.17. The molecule has 0 saturated carbocycles. The third-order valence-corrected chi connectivity index (χ3v) is 3.97. The first-order valence-electron chi connectivity index (χ1n) is 8.65. The minimum atomic E-state index is -0.218. The minimum Gasteiger partial charge on any atom is -0.368 e. The van der Waals surface area contributed by atoms with Gasteiger partial charge in [-0.05, 0) is 36.4 Å². The molecular weight excluding hydrogens is 378 g/mol.